The Morgan fingerprint density at radius 1 is 1.11 bits per heavy atom. The number of guanidine groups is 1. The molecular weight excluding hydrogens is 463 g/mol. The second-order valence-electron chi connectivity index (χ2n) is 8.90. The van der Waals surface area contributed by atoms with Crippen LogP contribution in [0.4, 0.5) is 0 Å². The summed E-state index contributed by atoms with van der Waals surface area (Å²) >= 11 is 0. The number of rotatable bonds is 7. The van der Waals surface area contributed by atoms with Gasteiger partial charge in [0.2, 0.25) is 0 Å². The zero-order chi connectivity index (χ0) is 19.1. The Morgan fingerprint density at radius 2 is 1.89 bits per heavy atom. The van der Waals surface area contributed by atoms with Crippen LogP contribution in [0.25, 0.3) is 0 Å². The quantitative estimate of drug-likeness (QED) is 0.337. The molecule has 2 heterocycles. The predicted octanol–water partition coefficient (Wildman–Crippen LogP) is 3.94. The molecule has 1 aromatic heterocycles. The fourth-order valence-electron chi connectivity index (χ4n) is 4.96. The lowest BCUT2D eigenvalue weighted by Gasteiger charge is -2.31. The lowest BCUT2D eigenvalue weighted by Crippen LogP contribution is -2.44. The van der Waals surface area contributed by atoms with Crippen LogP contribution >= 0.6 is 24.0 Å². The summed E-state index contributed by atoms with van der Waals surface area (Å²) in [6.07, 6.45) is 12.5. The molecule has 0 bridgehead atoms. The summed E-state index contributed by atoms with van der Waals surface area (Å²) in [5.41, 5.74) is 0.454. The van der Waals surface area contributed by atoms with E-state index in [4.69, 9.17) is 0 Å². The van der Waals surface area contributed by atoms with Gasteiger partial charge in [-0.15, -0.1) is 34.2 Å². The number of nitrogens with zero attached hydrogens (tertiary/aromatic N) is 4. The highest BCUT2D eigenvalue weighted by molar-refractivity contribution is 14.0. The van der Waals surface area contributed by atoms with Crippen molar-refractivity contribution in [2.24, 2.45) is 16.3 Å². The van der Waals surface area contributed by atoms with Crippen molar-refractivity contribution in [2.45, 2.75) is 84.6 Å². The Hall–Kier alpha value is -0.860. The van der Waals surface area contributed by atoms with E-state index in [9.17, 15) is 0 Å². The van der Waals surface area contributed by atoms with Gasteiger partial charge in [-0.25, -0.2) is 0 Å². The van der Waals surface area contributed by atoms with Crippen LogP contribution < -0.4 is 10.6 Å². The third kappa shape index (κ3) is 6.32. The second-order valence-corrected chi connectivity index (χ2v) is 8.90. The molecule has 0 saturated heterocycles. The lowest BCUT2D eigenvalue weighted by molar-refractivity contribution is 0.235. The highest BCUT2D eigenvalue weighted by Crippen LogP contribution is 2.42. The van der Waals surface area contributed by atoms with E-state index in [1.807, 2.05) is 7.05 Å². The van der Waals surface area contributed by atoms with Crippen molar-refractivity contribution in [3.8, 4) is 0 Å². The molecule has 28 heavy (non-hydrogen) atoms. The van der Waals surface area contributed by atoms with Crippen molar-refractivity contribution in [2.75, 3.05) is 20.1 Å². The number of aromatic nitrogens is 3. The summed E-state index contributed by atoms with van der Waals surface area (Å²) < 4.78 is 2.33. The van der Waals surface area contributed by atoms with Gasteiger partial charge in [-0.2, -0.15) is 0 Å². The van der Waals surface area contributed by atoms with E-state index in [2.05, 4.69) is 44.2 Å². The molecule has 0 aromatic carbocycles. The van der Waals surface area contributed by atoms with E-state index in [0.717, 1.165) is 50.2 Å². The SMILES string of the molecule is CN=C(NCCc1nnc2n1CCCCC2)NCC1(CC(C)C)CCCC1.I. The van der Waals surface area contributed by atoms with Crippen molar-refractivity contribution < 1.29 is 0 Å². The molecule has 0 atom stereocenters. The minimum atomic E-state index is 0. The maximum Gasteiger partial charge on any atom is 0.191 e. The molecule has 7 heteroatoms. The molecule has 0 unspecified atom stereocenters. The van der Waals surface area contributed by atoms with Crippen molar-refractivity contribution in [3.63, 3.8) is 0 Å². The summed E-state index contributed by atoms with van der Waals surface area (Å²) in [6, 6.07) is 0. The molecule has 160 valence electrons. The molecular formula is C21H39IN6. The number of aryl methyl sites for hydroxylation is 1. The first-order valence-electron chi connectivity index (χ1n) is 11.0. The number of fused-ring (bicyclic) bond motifs is 1. The number of halogens is 1. The first-order chi connectivity index (χ1) is 13.1. The van der Waals surface area contributed by atoms with Gasteiger partial charge >= 0.3 is 0 Å². The second kappa shape index (κ2) is 11.4. The molecule has 2 aliphatic rings. The number of hydrogen-bond donors (Lipinski definition) is 2. The van der Waals surface area contributed by atoms with Crippen LogP contribution in [0.5, 0.6) is 0 Å². The smallest absolute Gasteiger partial charge is 0.191 e. The van der Waals surface area contributed by atoms with Crippen LogP contribution in [-0.2, 0) is 19.4 Å². The predicted molar refractivity (Wildman–Crippen MR) is 126 cm³/mol. The molecule has 1 saturated carbocycles. The van der Waals surface area contributed by atoms with Crippen LogP contribution in [0.15, 0.2) is 4.99 Å². The van der Waals surface area contributed by atoms with Crippen LogP contribution in [0, 0.1) is 11.3 Å². The van der Waals surface area contributed by atoms with E-state index in [0.29, 0.717) is 5.41 Å². The average Bonchev–Trinajstić information content (AvgIpc) is 3.18. The lowest BCUT2D eigenvalue weighted by atomic mass is 9.78. The Bertz CT molecular complexity index is 618. The van der Waals surface area contributed by atoms with Gasteiger partial charge in [0.1, 0.15) is 11.6 Å². The van der Waals surface area contributed by atoms with Gasteiger partial charge in [-0.3, -0.25) is 4.99 Å². The molecule has 1 aliphatic carbocycles. The summed E-state index contributed by atoms with van der Waals surface area (Å²) in [7, 11) is 1.86. The van der Waals surface area contributed by atoms with E-state index in [1.165, 1.54) is 57.2 Å². The number of aliphatic imine (C=N–C) groups is 1. The number of nitrogens with one attached hydrogen (secondary N) is 2. The van der Waals surface area contributed by atoms with Crippen molar-refractivity contribution in [1.29, 1.82) is 0 Å². The van der Waals surface area contributed by atoms with Crippen LogP contribution in [0.1, 0.15) is 76.9 Å². The molecule has 0 amide bonds. The van der Waals surface area contributed by atoms with Gasteiger partial charge in [0.15, 0.2) is 5.96 Å². The Kier molecular flexibility index (Phi) is 9.50. The first-order valence-corrected chi connectivity index (χ1v) is 11.0. The maximum atomic E-state index is 4.43. The minimum absolute atomic E-state index is 0. The topological polar surface area (TPSA) is 67.1 Å². The van der Waals surface area contributed by atoms with Gasteiger partial charge < -0.3 is 15.2 Å². The molecule has 1 aromatic rings. The third-order valence-corrected chi connectivity index (χ3v) is 6.19. The first kappa shape index (κ1) is 23.4. The van der Waals surface area contributed by atoms with Gasteiger partial charge in [0.25, 0.3) is 0 Å². The summed E-state index contributed by atoms with van der Waals surface area (Å²) in [4.78, 5) is 4.43. The zero-order valence-electron chi connectivity index (χ0n) is 18.0. The molecule has 6 nitrogen and oxygen atoms in total. The summed E-state index contributed by atoms with van der Waals surface area (Å²) in [5, 5.41) is 15.9. The van der Waals surface area contributed by atoms with Gasteiger partial charge in [-0.05, 0) is 43.4 Å². The summed E-state index contributed by atoms with van der Waals surface area (Å²) in [6.45, 7) is 7.63. The third-order valence-electron chi connectivity index (χ3n) is 6.19. The largest absolute Gasteiger partial charge is 0.356 e. The van der Waals surface area contributed by atoms with Crippen molar-refractivity contribution in [3.05, 3.63) is 11.6 Å². The minimum Gasteiger partial charge on any atom is -0.356 e. The molecule has 2 N–H and O–H groups in total. The molecule has 0 radical (unpaired) electrons. The summed E-state index contributed by atoms with van der Waals surface area (Å²) in [5.74, 6) is 3.95. The van der Waals surface area contributed by atoms with E-state index in [1.54, 1.807) is 0 Å². The fraction of sp³-hybridized carbons (Fsp3) is 0.857. The van der Waals surface area contributed by atoms with Gasteiger partial charge in [0, 0.05) is 39.5 Å². The molecule has 1 fully saturated rings. The highest BCUT2D eigenvalue weighted by atomic mass is 127. The molecule has 3 rings (SSSR count). The van der Waals surface area contributed by atoms with Crippen molar-refractivity contribution >= 4 is 29.9 Å². The van der Waals surface area contributed by atoms with E-state index < -0.39 is 0 Å². The fourth-order valence-corrected chi connectivity index (χ4v) is 4.96. The molecule has 0 spiro atoms. The standard InChI is InChI=1S/C21H38N6.HI/c1-17(2)15-21(11-6-7-12-21)16-24-20(22-3)23-13-10-19-26-25-18-9-5-4-8-14-27(18)19;/h17H,4-16H2,1-3H3,(H2,22,23,24);1H. The van der Waals surface area contributed by atoms with Gasteiger partial charge in [0.05, 0.1) is 0 Å². The van der Waals surface area contributed by atoms with E-state index >= 15 is 0 Å². The zero-order valence-corrected chi connectivity index (χ0v) is 20.3. The number of hydrogen-bond acceptors (Lipinski definition) is 3. The normalized spacial score (nSPS) is 19.1. The average molecular weight is 502 g/mol. The van der Waals surface area contributed by atoms with Crippen LogP contribution in [0.3, 0.4) is 0 Å². The highest BCUT2D eigenvalue weighted by Gasteiger charge is 2.34. The van der Waals surface area contributed by atoms with Gasteiger partial charge in [-0.1, -0.05) is 33.1 Å². The Morgan fingerprint density at radius 3 is 2.61 bits per heavy atom. The Labute approximate surface area is 187 Å². The van der Waals surface area contributed by atoms with E-state index in [-0.39, 0.29) is 24.0 Å². The van der Waals surface area contributed by atoms with Crippen LogP contribution in [0.2, 0.25) is 0 Å². The van der Waals surface area contributed by atoms with Crippen molar-refractivity contribution in [1.82, 2.24) is 25.4 Å². The Balaban J connectivity index is 0.00000280. The maximum absolute atomic E-state index is 4.43. The molecule has 1 aliphatic heterocycles. The van der Waals surface area contributed by atoms with Crippen LogP contribution in [-0.4, -0.2) is 40.9 Å². The monoisotopic (exact) mass is 502 g/mol.